The third-order valence-electron chi connectivity index (χ3n) is 4.29. The Morgan fingerprint density at radius 2 is 2.06 bits per heavy atom. The zero-order valence-electron chi connectivity index (χ0n) is 10.5. The highest BCUT2D eigenvalue weighted by molar-refractivity contribution is 7.80. The van der Waals surface area contributed by atoms with Crippen LogP contribution in [0.15, 0.2) is 0 Å². The Labute approximate surface area is 105 Å². The highest BCUT2D eigenvalue weighted by Gasteiger charge is 2.45. The van der Waals surface area contributed by atoms with Gasteiger partial charge in [0, 0.05) is 25.6 Å². The van der Waals surface area contributed by atoms with Gasteiger partial charge in [0.15, 0.2) is 0 Å². The topological polar surface area (TPSA) is 29.3 Å². The van der Waals surface area contributed by atoms with Crippen molar-refractivity contribution >= 4 is 17.2 Å². The quantitative estimate of drug-likeness (QED) is 0.766. The Morgan fingerprint density at radius 3 is 2.62 bits per heavy atom. The summed E-state index contributed by atoms with van der Waals surface area (Å²) in [4.78, 5) is 3.37. The van der Waals surface area contributed by atoms with E-state index in [-0.39, 0.29) is 0 Å². The minimum absolute atomic E-state index is 0.456. The number of likely N-dealkylation sites (tertiary alicyclic amines) is 1. The van der Waals surface area contributed by atoms with E-state index in [4.69, 9.17) is 18.0 Å². The van der Waals surface area contributed by atoms with Gasteiger partial charge in [-0.2, -0.15) is 0 Å². The predicted molar refractivity (Wildman–Crippen MR) is 72.5 cm³/mol. The van der Waals surface area contributed by atoms with E-state index < -0.39 is 0 Å². The SMILES string of the molecule is CC1CCC(C)N(CC2(CC(N)=S)CC2)C1. The standard InChI is InChI=1S/C13H24N2S/c1-10-3-4-11(2)15(8-10)9-13(5-6-13)7-12(14)16/h10-11H,3-9H2,1-2H3,(H2,14,16). The first-order chi connectivity index (χ1) is 7.51. The average Bonchev–Trinajstić information content (AvgIpc) is 2.90. The van der Waals surface area contributed by atoms with Crippen LogP contribution in [0.5, 0.6) is 0 Å². The molecule has 0 amide bonds. The van der Waals surface area contributed by atoms with Crippen molar-refractivity contribution in [1.82, 2.24) is 4.90 Å². The number of thiocarbonyl (C=S) groups is 1. The molecule has 1 saturated heterocycles. The van der Waals surface area contributed by atoms with Gasteiger partial charge in [-0.3, -0.25) is 4.90 Å². The van der Waals surface area contributed by atoms with Gasteiger partial charge < -0.3 is 5.73 Å². The summed E-state index contributed by atoms with van der Waals surface area (Å²) in [6.45, 7) is 7.21. The monoisotopic (exact) mass is 240 g/mol. The van der Waals surface area contributed by atoms with E-state index >= 15 is 0 Å². The van der Waals surface area contributed by atoms with Gasteiger partial charge in [-0.05, 0) is 43.9 Å². The molecule has 0 aromatic carbocycles. The number of nitrogens with two attached hydrogens (primary N) is 1. The van der Waals surface area contributed by atoms with Gasteiger partial charge in [-0.1, -0.05) is 19.1 Å². The van der Waals surface area contributed by atoms with Crippen molar-refractivity contribution in [2.45, 2.75) is 52.0 Å². The molecule has 2 nitrogen and oxygen atoms in total. The molecule has 0 spiro atoms. The van der Waals surface area contributed by atoms with Gasteiger partial charge in [0.25, 0.3) is 0 Å². The van der Waals surface area contributed by atoms with Crippen molar-refractivity contribution < 1.29 is 0 Å². The lowest BCUT2D eigenvalue weighted by atomic mass is 9.92. The van der Waals surface area contributed by atoms with Crippen LogP contribution in [0.4, 0.5) is 0 Å². The fourth-order valence-corrected chi connectivity index (χ4v) is 3.27. The molecule has 1 aliphatic carbocycles. The number of piperidine rings is 1. The van der Waals surface area contributed by atoms with Gasteiger partial charge in [-0.25, -0.2) is 0 Å². The van der Waals surface area contributed by atoms with Crippen LogP contribution in [-0.4, -0.2) is 29.0 Å². The molecule has 2 rings (SSSR count). The molecule has 2 unspecified atom stereocenters. The van der Waals surface area contributed by atoms with Crippen molar-refractivity contribution in [3.05, 3.63) is 0 Å². The summed E-state index contributed by atoms with van der Waals surface area (Å²) in [6.07, 6.45) is 6.34. The second-order valence-electron chi connectivity index (χ2n) is 6.10. The molecule has 0 aromatic heterocycles. The zero-order chi connectivity index (χ0) is 11.8. The second-order valence-corrected chi connectivity index (χ2v) is 6.63. The molecule has 2 fully saturated rings. The lowest BCUT2D eigenvalue weighted by Gasteiger charge is -2.39. The van der Waals surface area contributed by atoms with Gasteiger partial charge in [-0.15, -0.1) is 0 Å². The first-order valence-electron chi connectivity index (χ1n) is 6.53. The Balaban J connectivity index is 1.90. The van der Waals surface area contributed by atoms with E-state index in [0.29, 0.717) is 10.4 Å². The molecule has 2 aliphatic rings. The molecule has 0 radical (unpaired) electrons. The molecule has 3 heteroatoms. The van der Waals surface area contributed by atoms with E-state index in [9.17, 15) is 0 Å². The smallest absolute Gasteiger partial charge is 0.0733 e. The van der Waals surface area contributed by atoms with Gasteiger partial charge in [0.1, 0.15) is 0 Å². The Bertz CT molecular complexity index is 273. The molecular formula is C13H24N2S. The molecule has 2 N–H and O–H groups in total. The Morgan fingerprint density at radius 1 is 1.38 bits per heavy atom. The van der Waals surface area contributed by atoms with E-state index in [1.54, 1.807) is 0 Å². The van der Waals surface area contributed by atoms with Crippen LogP contribution in [0.3, 0.4) is 0 Å². The largest absolute Gasteiger partial charge is 0.393 e. The molecule has 92 valence electrons. The lowest BCUT2D eigenvalue weighted by molar-refractivity contribution is 0.101. The maximum Gasteiger partial charge on any atom is 0.0733 e. The fraction of sp³-hybridized carbons (Fsp3) is 0.923. The normalized spacial score (nSPS) is 33.6. The van der Waals surface area contributed by atoms with Crippen LogP contribution in [0.2, 0.25) is 0 Å². The molecule has 0 bridgehead atoms. The van der Waals surface area contributed by atoms with Crippen LogP contribution in [0.1, 0.15) is 46.0 Å². The van der Waals surface area contributed by atoms with Crippen molar-refractivity contribution in [2.75, 3.05) is 13.1 Å². The zero-order valence-corrected chi connectivity index (χ0v) is 11.4. The van der Waals surface area contributed by atoms with Crippen molar-refractivity contribution in [2.24, 2.45) is 17.1 Å². The molecule has 1 heterocycles. The third-order valence-corrected chi connectivity index (χ3v) is 4.44. The highest BCUT2D eigenvalue weighted by atomic mass is 32.1. The van der Waals surface area contributed by atoms with Gasteiger partial charge in [0.05, 0.1) is 4.99 Å². The summed E-state index contributed by atoms with van der Waals surface area (Å²) in [5.74, 6) is 0.858. The Kier molecular flexibility index (Phi) is 3.55. The van der Waals surface area contributed by atoms with E-state index in [1.807, 2.05) is 0 Å². The average molecular weight is 240 g/mol. The highest BCUT2D eigenvalue weighted by Crippen LogP contribution is 2.50. The van der Waals surface area contributed by atoms with Crippen molar-refractivity contribution in [3.8, 4) is 0 Å². The molecule has 1 aliphatic heterocycles. The number of rotatable bonds is 4. The number of hydrogen-bond acceptors (Lipinski definition) is 2. The van der Waals surface area contributed by atoms with Crippen LogP contribution in [-0.2, 0) is 0 Å². The van der Waals surface area contributed by atoms with Gasteiger partial charge >= 0.3 is 0 Å². The molecule has 2 atom stereocenters. The summed E-state index contributed by atoms with van der Waals surface area (Å²) in [5.41, 5.74) is 6.15. The minimum atomic E-state index is 0.456. The maximum atomic E-state index is 5.70. The molecule has 0 aromatic rings. The minimum Gasteiger partial charge on any atom is -0.393 e. The number of hydrogen-bond donors (Lipinski definition) is 1. The summed E-state index contributed by atoms with van der Waals surface area (Å²) in [6, 6.07) is 0.750. The second kappa shape index (κ2) is 4.61. The summed E-state index contributed by atoms with van der Waals surface area (Å²) >= 11 is 5.06. The first kappa shape index (κ1) is 12.3. The molecular weight excluding hydrogens is 216 g/mol. The van der Waals surface area contributed by atoms with Crippen LogP contribution >= 0.6 is 12.2 Å². The van der Waals surface area contributed by atoms with Crippen LogP contribution < -0.4 is 5.73 Å². The van der Waals surface area contributed by atoms with Gasteiger partial charge in [0.2, 0.25) is 0 Å². The van der Waals surface area contributed by atoms with Crippen molar-refractivity contribution in [3.63, 3.8) is 0 Å². The molecule has 1 saturated carbocycles. The van der Waals surface area contributed by atoms with Crippen LogP contribution in [0.25, 0.3) is 0 Å². The number of nitrogens with zero attached hydrogens (tertiary/aromatic N) is 1. The third kappa shape index (κ3) is 2.95. The summed E-state index contributed by atoms with van der Waals surface area (Å²) in [5, 5.41) is 0. The fourth-order valence-electron chi connectivity index (χ4n) is 2.97. The Hall–Kier alpha value is -0.150. The van der Waals surface area contributed by atoms with E-state index in [2.05, 4.69) is 18.7 Å². The van der Waals surface area contributed by atoms with Crippen molar-refractivity contribution in [1.29, 1.82) is 0 Å². The van der Waals surface area contributed by atoms with Crippen LogP contribution in [0, 0.1) is 11.3 Å². The first-order valence-corrected chi connectivity index (χ1v) is 6.94. The van der Waals surface area contributed by atoms with E-state index in [0.717, 1.165) is 18.4 Å². The summed E-state index contributed by atoms with van der Waals surface area (Å²) < 4.78 is 0. The maximum absolute atomic E-state index is 5.70. The lowest BCUT2D eigenvalue weighted by Crippen LogP contribution is -2.44. The van der Waals surface area contributed by atoms with E-state index in [1.165, 1.54) is 38.8 Å². The summed E-state index contributed by atoms with van der Waals surface area (Å²) in [7, 11) is 0. The molecule has 16 heavy (non-hydrogen) atoms. The predicted octanol–water partition coefficient (Wildman–Crippen LogP) is 2.56.